The fraction of sp³-hybridized carbons (Fsp3) is 0.125. The minimum atomic E-state index is 0.0178. The lowest BCUT2D eigenvalue weighted by Crippen LogP contribution is -2.01. The fourth-order valence-electron chi connectivity index (χ4n) is 0.808. The molecule has 0 saturated heterocycles. The summed E-state index contributed by atoms with van der Waals surface area (Å²) in [6.45, 7) is 0. The van der Waals surface area contributed by atoms with Crippen LogP contribution in [0.5, 0.6) is 0 Å². The van der Waals surface area contributed by atoms with E-state index in [9.17, 15) is 4.79 Å². The third-order valence-corrected chi connectivity index (χ3v) is 3.79. The highest BCUT2D eigenvalue weighted by molar-refractivity contribution is 9.11. The van der Waals surface area contributed by atoms with E-state index in [0.717, 1.165) is 4.47 Å². The highest BCUT2D eigenvalue weighted by Crippen LogP contribution is 2.29. The molecule has 0 radical (unpaired) electrons. The number of hydrogen-bond donors (Lipinski definition) is 0. The summed E-state index contributed by atoms with van der Waals surface area (Å²) in [7, 11) is 0. The second-order valence-corrected chi connectivity index (χ2v) is 4.98. The first-order valence-electron chi connectivity index (χ1n) is 3.30. The van der Waals surface area contributed by atoms with Gasteiger partial charge in [0.15, 0.2) is 5.78 Å². The number of alkyl halides is 1. The van der Waals surface area contributed by atoms with E-state index in [4.69, 9.17) is 11.6 Å². The molecule has 70 valence electrons. The first kappa shape index (κ1) is 11.7. The lowest BCUT2D eigenvalue weighted by atomic mass is 10.1. The molecule has 5 heteroatoms. The van der Waals surface area contributed by atoms with Crippen LogP contribution in [0.3, 0.4) is 0 Å². The van der Waals surface area contributed by atoms with Gasteiger partial charge < -0.3 is 0 Å². The van der Waals surface area contributed by atoms with E-state index in [0.29, 0.717) is 20.4 Å². The van der Waals surface area contributed by atoms with Gasteiger partial charge in [-0.3, -0.25) is 4.79 Å². The van der Waals surface area contributed by atoms with E-state index < -0.39 is 0 Å². The number of benzene rings is 1. The van der Waals surface area contributed by atoms with Crippen LogP contribution < -0.4 is 0 Å². The van der Waals surface area contributed by atoms with Crippen molar-refractivity contribution in [3.63, 3.8) is 0 Å². The maximum Gasteiger partial charge on any atom is 0.174 e. The second-order valence-electron chi connectivity index (χ2n) is 2.30. The van der Waals surface area contributed by atoms with E-state index in [1.54, 1.807) is 12.1 Å². The highest BCUT2D eigenvalue weighted by Gasteiger charge is 2.11. The highest BCUT2D eigenvalue weighted by atomic mass is 79.9. The monoisotopic (exact) mass is 388 g/mol. The molecule has 0 bridgehead atoms. The smallest absolute Gasteiger partial charge is 0.174 e. The zero-order chi connectivity index (χ0) is 10.0. The van der Waals surface area contributed by atoms with Crippen LogP contribution in [0.25, 0.3) is 0 Å². The number of hydrogen-bond acceptors (Lipinski definition) is 1. The number of carbonyl (C=O) groups is 1. The molecule has 0 N–H and O–H groups in total. The molecule has 0 atom stereocenters. The van der Waals surface area contributed by atoms with E-state index in [2.05, 4.69) is 47.8 Å². The Bertz CT molecular complexity index is 351. The molecule has 1 aromatic carbocycles. The molecule has 1 rings (SSSR count). The minimum Gasteiger partial charge on any atom is -0.293 e. The van der Waals surface area contributed by atoms with Gasteiger partial charge >= 0.3 is 0 Å². The first-order valence-corrected chi connectivity index (χ1v) is 6.38. The molecule has 0 heterocycles. The summed E-state index contributed by atoms with van der Waals surface area (Å²) in [4.78, 5) is 11.4. The van der Waals surface area contributed by atoms with E-state index >= 15 is 0 Å². The van der Waals surface area contributed by atoms with Gasteiger partial charge in [-0.15, -0.1) is 0 Å². The average Bonchev–Trinajstić information content (AvgIpc) is 2.10. The van der Waals surface area contributed by atoms with Gasteiger partial charge in [-0.05, 0) is 44.0 Å². The topological polar surface area (TPSA) is 17.1 Å². The van der Waals surface area contributed by atoms with Gasteiger partial charge in [-0.25, -0.2) is 0 Å². The molecule has 0 unspecified atom stereocenters. The van der Waals surface area contributed by atoms with Crippen molar-refractivity contribution in [1.82, 2.24) is 0 Å². The van der Waals surface area contributed by atoms with Gasteiger partial charge in [-0.2, -0.15) is 0 Å². The normalized spacial score (nSPS) is 10.2. The van der Waals surface area contributed by atoms with Crippen molar-refractivity contribution < 1.29 is 4.79 Å². The van der Waals surface area contributed by atoms with Crippen LogP contribution in [0.1, 0.15) is 10.4 Å². The molecule has 0 amide bonds. The van der Waals surface area contributed by atoms with Gasteiger partial charge in [0, 0.05) is 14.5 Å². The number of ketones is 1. The molecule has 0 saturated carbocycles. The van der Waals surface area contributed by atoms with Crippen molar-refractivity contribution in [1.29, 1.82) is 0 Å². The molecule has 1 nitrogen and oxygen atoms in total. The van der Waals surface area contributed by atoms with Gasteiger partial charge in [0.05, 0.1) is 10.4 Å². The summed E-state index contributed by atoms with van der Waals surface area (Å²) in [5, 5.41) is 0.887. The SMILES string of the molecule is O=C(CBr)c1cc(Br)c(Cl)cc1Br. The summed E-state index contributed by atoms with van der Waals surface area (Å²) in [5.41, 5.74) is 0.619. The van der Waals surface area contributed by atoms with Gasteiger partial charge in [0.25, 0.3) is 0 Å². The van der Waals surface area contributed by atoms with Crippen molar-refractivity contribution in [2.24, 2.45) is 0 Å². The quantitative estimate of drug-likeness (QED) is 0.414. The Morgan fingerprint density at radius 3 is 2.46 bits per heavy atom. The van der Waals surface area contributed by atoms with E-state index in [1.165, 1.54) is 0 Å². The van der Waals surface area contributed by atoms with Crippen LogP contribution in [-0.4, -0.2) is 11.1 Å². The van der Waals surface area contributed by atoms with Crippen molar-refractivity contribution in [3.05, 3.63) is 31.7 Å². The second kappa shape index (κ2) is 4.91. The zero-order valence-corrected chi connectivity index (χ0v) is 11.8. The molecule has 0 spiro atoms. The van der Waals surface area contributed by atoms with Crippen LogP contribution in [0.4, 0.5) is 0 Å². The van der Waals surface area contributed by atoms with E-state index in [-0.39, 0.29) is 5.78 Å². The van der Waals surface area contributed by atoms with Crippen LogP contribution in [0.2, 0.25) is 5.02 Å². The summed E-state index contributed by atoms with van der Waals surface area (Å²) < 4.78 is 1.44. The Hall–Kier alpha value is 0.620. The molecular formula is C8H4Br3ClO. The Morgan fingerprint density at radius 1 is 1.31 bits per heavy atom. The predicted octanol–water partition coefficient (Wildman–Crippen LogP) is 4.44. The van der Waals surface area contributed by atoms with Crippen molar-refractivity contribution in [2.75, 3.05) is 5.33 Å². The number of Topliss-reactive ketones (excluding diaryl/α,β-unsaturated/α-hetero) is 1. The molecule has 13 heavy (non-hydrogen) atoms. The van der Waals surface area contributed by atoms with Crippen LogP contribution >= 0.6 is 59.4 Å². The summed E-state index contributed by atoms with van der Waals surface area (Å²) in [6, 6.07) is 3.40. The largest absolute Gasteiger partial charge is 0.293 e. The molecular weight excluding hydrogens is 387 g/mol. The van der Waals surface area contributed by atoms with E-state index in [1.807, 2.05) is 0 Å². The summed E-state index contributed by atoms with van der Waals surface area (Å²) >= 11 is 15.5. The summed E-state index contributed by atoms with van der Waals surface area (Å²) in [6.07, 6.45) is 0. The molecule has 0 aromatic heterocycles. The third-order valence-electron chi connectivity index (χ3n) is 1.43. The minimum absolute atomic E-state index is 0.0178. The van der Waals surface area contributed by atoms with Crippen LogP contribution in [0, 0.1) is 0 Å². The third kappa shape index (κ3) is 2.78. The standard InChI is InChI=1S/C8H4Br3ClO/c9-3-8(13)4-1-6(11)7(12)2-5(4)10/h1-2H,3H2. The molecule has 0 aliphatic carbocycles. The summed E-state index contributed by atoms with van der Waals surface area (Å²) in [5.74, 6) is 0.0178. The number of rotatable bonds is 2. The molecule has 0 aliphatic heterocycles. The van der Waals surface area contributed by atoms with Crippen LogP contribution in [-0.2, 0) is 0 Å². The van der Waals surface area contributed by atoms with Gasteiger partial charge in [0.1, 0.15) is 0 Å². The van der Waals surface area contributed by atoms with Crippen molar-refractivity contribution in [3.8, 4) is 0 Å². The number of halogens is 4. The average molecular weight is 391 g/mol. The Morgan fingerprint density at radius 2 is 1.92 bits per heavy atom. The maximum atomic E-state index is 11.4. The van der Waals surface area contributed by atoms with Gasteiger partial charge in [0.2, 0.25) is 0 Å². The Labute approximate surface area is 106 Å². The predicted molar refractivity (Wildman–Crippen MR) is 65.0 cm³/mol. The van der Waals surface area contributed by atoms with Gasteiger partial charge in [-0.1, -0.05) is 27.5 Å². The lowest BCUT2D eigenvalue weighted by Gasteiger charge is -2.03. The Kier molecular flexibility index (Phi) is 4.42. The number of carbonyl (C=O) groups excluding carboxylic acids is 1. The Balaban J connectivity index is 3.23. The van der Waals surface area contributed by atoms with Crippen molar-refractivity contribution >= 4 is 65.2 Å². The molecule has 1 aromatic rings. The first-order chi connectivity index (χ1) is 6.06. The fourth-order valence-corrected chi connectivity index (χ4v) is 2.31. The molecule has 0 aliphatic rings. The van der Waals surface area contributed by atoms with Crippen LogP contribution in [0.15, 0.2) is 21.1 Å². The molecule has 0 fully saturated rings. The van der Waals surface area contributed by atoms with Crippen molar-refractivity contribution in [2.45, 2.75) is 0 Å². The maximum absolute atomic E-state index is 11.4. The zero-order valence-electron chi connectivity index (χ0n) is 6.28. The lowest BCUT2D eigenvalue weighted by molar-refractivity contribution is 0.102.